The first-order chi connectivity index (χ1) is 14.4. The minimum absolute atomic E-state index is 0.288. The molecule has 8 nitrogen and oxygen atoms in total. The van der Waals surface area contributed by atoms with Gasteiger partial charge in [-0.15, -0.1) is 11.8 Å². The lowest BCUT2D eigenvalue weighted by Gasteiger charge is -2.43. The van der Waals surface area contributed by atoms with Crippen molar-refractivity contribution >= 4 is 41.3 Å². The van der Waals surface area contributed by atoms with Crippen LogP contribution in [0.15, 0.2) is 34.9 Å². The van der Waals surface area contributed by atoms with Gasteiger partial charge in [0.25, 0.3) is 5.91 Å². The van der Waals surface area contributed by atoms with Crippen LogP contribution in [-0.4, -0.2) is 66.7 Å². The van der Waals surface area contributed by atoms with Crippen LogP contribution in [0.5, 0.6) is 0 Å². The molecule has 3 aliphatic heterocycles. The Morgan fingerprint density at radius 2 is 2.10 bits per heavy atom. The number of amides is 2. The van der Waals surface area contributed by atoms with Crippen molar-refractivity contribution < 1.29 is 24.0 Å². The van der Waals surface area contributed by atoms with Crippen molar-refractivity contribution in [2.45, 2.75) is 35.5 Å². The lowest BCUT2D eigenvalue weighted by atomic mass is 9.92. The Bertz CT molecular complexity index is 1030. The van der Waals surface area contributed by atoms with E-state index in [1.807, 2.05) is 30.3 Å². The number of hydrogen-bond acceptors (Lipinski definition) is 7. The van der Waals surface area contributed by atoms with Crippen molar-refractivity contribution in [3.63, 3.8) is 0 Å². The van der Waals surface area contributed by atoms with Crippen molar-refractivity contribution in [3.05, 3.63) is 41.7 Å². The van der Waals surface area contributed by atoms with Gasteiger partial charge >= 0.3 is 5.97 Å². The van der Waals surface area contributed by atoms with Crippen molar-refractivity contribution in [2.24, 2.45) is 0 Å². The highest BCUT2D eigenvalue weighted by Gasteiger charge is 2.67. The fraction of sp³-hybridized carbons (Fsp3) is 0.400. The van der Waals surface area contributed by atoms with Crippen molar-refractivity contribution in [3.8, 4) is 11.3 Å². The van der Waals surface area contributed by atoms with Crippen LogP contribution in [0.3, 0.4) is 0 Å². The number of fused-ring (bicyclic) bond motifs is 1. The summed E-state index contributed by atoms with van der Waals surface area (Å²) in [5.41, 5.74) is 1.45. The van der Waals surface area contributed by atoms with Gasteiger partial charge < -0.3 is 19.8 Å². The summed E-state index contributed by atoms with van der Waals surface area (Å²) in [7, 11) is 0. The van der Waals surface area contributed by atoms with E-state index in [0.717, 1.165) is 17.7 Å². The molecule has 2 amide bonds. The standard InChI is InChI=1S/C20H19N3O5S2/c1-10-12(13(22-28-10)11-5-3-2-4-6-11)16(24)21-14-17(25)23-15(19(26)27)20(30-18(14)23)7-8-29-9-20/h2-6,14-15,18H,7-9H2,1H3,(H,21,24)(H,26,27)/t14?,15?,18-,20?/m0/s1. The van der Waals surface area contributed by atoms with Gasteiger partial charge in [-0.1, -0.05) is 35.5 Å². The number of thioether (sulfide) groups is 2. The Hall–Kier alpha value is -2.46. The van der Waals surface area contributed by atoms with E-state index in [9.17, 15) is 19.5 Å². The Morgan fingerprint density at radius 3 is 2.77 bits per heavy atom. The van der Waals surface area contributed by atoms with Gasteiger partial charge in [0, 0.05) is 11.3 Å². The molecule has 1 spiro atoms. The molecule has 30 heavy (non-hydrogen) atoms. The number of benzene rings is 1. The fourth-order valence-corrected chi connectivity index (χ4v) is 8.09. The normalized spacial score (nSPS) is 29.7. The fourth-order valence-electron chi connectivity index (χ4n) is 4.44. The number of aromatic nitrogens is 1. The van der Waals surface area contributed by atoms with Crippen LogP contribution in [0.4, 0.5) is 0 Å². The van der Waals surface area contributed by atoms with E-state index >= 15 is 0 Å². The summed E-state index contributed by atoms with van der Waals surface area (Å²) >= 11 is 3.22. The van der Waals surface area contributed by atoms with Crippen molar-refractivity contribution in [2.75, 3.05) is 11.5 Å². The van der Waals surface area contributed by atoms with Crippen LogP contribution in [0.2, 0.25) is 0 Å². The number of aryl methyl sites for hydroxylation is 1. The molecule has 1 aromatic heterocycles. The molecule has 0 aliphatic carbocycles. The van der Waals surface area contributed by atoms with E-state index in [1.54, 1.807) is 18.7 Å². The average molecular weight is 446 g/mol. The van der Waals surface area contributed by atoms with Gasteiger partial charge in [0.15, 0.2) is 0 Å². The van der Waals surface area contributed by atoms with Crippen LogP contribution >= 0.6 is 23.5 Å². The smallest absolute Gasteiger partial charge is 0.327 e. The molecule has 2 aromatic rings. The van der Waals surface area contributed by atoms with Crippen molar-refractivity contribution in [1.82, 2.24) is 15.4 Å². The molecule has 5 rings (SSSR count). The molecule has 1 aromatic carbocycles. The predicted octanol–water partition coefficient (Wildman–Crippen LogP) is 1.99. The number of carbonyl (C=O) groups excluding carboxylic acids is 2. The molecule has 3 saturated heterocycles. The highest BCUT2D eigenvalue weighted by Crippen LogP contribution is 2.56. The van der Waals surface area contributed by atoms with Gasteiger partial charge in [0.2, 0.25) is 5.91 Å². The maximum Gasteiger partial charge on any atom is 0.327 e. The molecule has 0 saturated carbocycles. The monoisotopic (exact) mass is 445 g/mol. The van der Waals surface area contributed by atoms with Crippen LogP contribution < -0.4 is 5.32 Å². The Labute approximate surface area is 180 Å². The van der Waals surface area contributed by atoms with E-state index in [0.29, 0.717) is 17.2 Å². The SMILES string of the molecule is Cc1onc(-c2ccccc2)c1C(=O)NC1C(=O)N2C(C(=O)O)C3(CCSC3)S[C@@H]12. The van der Waals surface area contributed by atoms with Gasteiger partial charge in [-0.05, 0) is 19.1 Å². The minimum atomic E-state index is -0.980. The molecular formula is C20H19N3O5S2. The topological polar surface area (TPSA) is 113 Å². The third kappa shape index (κ3) is 2.77. The summed E-state index contributed by atoms with van der Waals surface area (Å²) in [4.78, 5) is 39.3. The van der Waals surface area contributed by atoms with Gasteiger partial charge in [-0.3, -0.25) is 9.59 Å². The second kappa shape index (κ2) is 7.05. The Kier molecular flexibility index (Phi) is 4.59. The molecule has 3 fully saturated rings. The molecule has 4 heterocycles. The summed E-state index contributed by atoms with van der Waals surface area (Å²) in [6.07, 6.45) is 0.739. The lowest BCUT2D eigenvalue weighted by Crippen LogP contribution is -2.70. The number of carbonyl (C=O) groups is 3. The third-order valence-corrected chi connectivity index (χ3v) is 9.06. The summed E-state index contributed by atoms with van der Waals surface area (Å²) in [6, 6.07) is 7.60. The third-order valence-electron chi connectivity index (χ3n) is 5.89. The molecule has 0 radical (unpaired) electrons. The average Bonchev–Trinajstić information content (AvgIpc) is 3.43. The maximum absolute atomic E-state index is 13.1. The number of aliphatic carboxylic acids is 1. The molecule has 0 bridgehead atoms. The first kappa shape index (κ1) is 19.5. The number of β-lactam (4-membered cyclic amide) rings is 1. The Morgan fingerprint density at radius 1 is 1.33 bits per heavy atom. The van der Waals surface area contributed by atoms with Crippen molar-refractivity contribution in [1.29, 1.82) is 0 Å². The van der Waals surface area contributed by atoms with Crippen LogP contribution in [0, 0.1) is 6.92 Å². The van der Waals surface area contributed by atoms with Crippen LogP contribution in [0.25, 0.3) is 11.3 Å². The van der Waals surface area contributed by atoms with Gasteiger partial charge in [-0.25, -0.2) is 4.79 Å². The first-order valence-corrected chi connectivity index (χ1v) is 11.6. The molecule has 3 unspecified atom stereocenters. The first-order valence-electron chi connectivity index (χ1n) is 9.56. The summed E-state index contributed by atoms with van der Waals surface area (Å²) < 4.78 is 4.76. The number of nitrogens with zero attached hydrogens (tertiary/aromatic N) is 2. The lowest BCUT2D eigenvalue weighted by molar-refractivity contribution is -0.160. The second-order valence-electron chi connectivity index (χ2n) is 7.64. The highest BCUT2D eigenvalue weighted by atomic mass is 32.2. The predicted molar refractivity (Wildman–Crippen MR) is 112 cm³/mol. The van der Waals surface area contributed by atoms with Crippen LogP contribution in [0.1, 0.15) is 22.5 Å². The summed E-state index contributed by atoms with van der Waals surface area (Å²) in [6.45, 7) is 1.65. The quantitative estimate of drug-likeness (QED) is 0.687. The Balaban J connectivity index is 1.40. The van der Waals surface area contributed by atoms with Crippen LogP contribution in [-0.2, 0) is 9.59 Å². The number of carboxylic acid groups (broad SMARTS) is 1. The van der Waals surface area contributed by atoms with E-state index < -0.39 is 28.7 Å². The van der Waals surface area contributed by atoms with E-state index in [4.69, 9.17) is 4.52 Å². The second-order valence-corrected chi connectivity index (χ2v) is 10.3. The zero-order chi connectivity index (χ0) is 21.0. The minimum Gasteiger partial charge on any atom is -0.480 e. The van der Waals surface area contributed by atoms with E-state index in [1.165, 1.54) is 16.7 Å². The van der Waals surface area contributed by atoms with Gasteiger partial charge in [0.05, 0.1) is 4.75 Å². The maximum atomic E-state index is 13.1. The summed E-state index contributed by atoms with van der Waals surface area (Å²) in [5, 5.41) is 16.2. The number of hydrogen-bond donors (Lipinski definition) is 2. The summed E-state index contributed by atoms with van der Waals surface area (Å²) in [5.74, 6) is 0.159. The number of carboxylic acids is 1. The zero-order valence-electron chi connectivity index (χ0n) is 16.0. The molecule has 156 valence electrons. The number of nitrogens with one attached hydrogen (secondary N) is 1. The molecule has 2 N–H and O–H groups in total. The number of rotatable bonds is 4. The molecule has 4 atom stereocenters. The molecular weight excluding hydrogens is 426 g/mol. The zero-order valence-corrected chi connectivity index (χ0v) is 17.7. The van der Waals surface area contributed by atoms with E-state index in [-0.39, 0.29) is 16.8 Å². The van der Waals surface area contributed by atoms with E-state index in [2.05, 4.69) is 10.5 Å². The van der Waals surface area contributed by atoms with Gasteiger partial charge in [-0.2, -0.15) is 11.8 Å². The molecule has 10 heteroatoms. The molecule has 3 aliphatic rings. The largest absolute Gasteiger partial charge is 0.480 e. The van der Waals surface area contributed by atoms with Gasteiger partial charge in [0.1, 0.15) is 34.5 Å². The highest BCUT2D eigenvalue weighted by molar-refractivity contribution is 8.05.